The zero-order valence-electron chi connectivity index (χ0n) is 7.98. The monoisotopic (exact) mass is 291 g/mol. The fourth-order valence-corrected chi connectivity index (χ4v) is 2.07. The van der Waals surface area contributed by atoms with Gasteiger partial charge in [-0.15, -0.1) is 0 Å². The van der Waals surface area contributed by atoms with E-state index in [1.165, 1.54) is 0 Å². The molecule has 0 aliphatic heterocycles. The van der Waals surface area contributed by atoms with Crippen molar-refractivity contribution in [3.8, 4) is 11.1 Å². The molecule has 0 spiro atoms. The molecule has 0 aliphatic carbocycles. The molecule has 16 heavy (non-hydrogen) atoms. The zero-order valence-corrected chi connectivity index (χ0v) is 11.0. The van der Waals surface area contributed by atoms with Gasteiger partial charge in [-0.2, -0.15) is 0 Å². The van der Waals surface area contributed by atoms with E-state index in [1.807, 2.05) is 30.3 Å². The minimum absolute atomic E-state index is 0. The predicted octanol–water partition coefficient (Wildman–Crippen LogP) is 0.470. The molecule has 0 amide bonds. The number of aromatic amines is 1. The van der Waals surface area contributed by atoms with Gasteiger partial charge in [-0.05, 0) is 0 Å². The van der Waals surface area contributed by atoms with Crippen LogP contribution in [0.3, 0.4) is 0 Å². The fraction of sp³-hybridized carbons (Fsp3) is 0. The number of H-pyrrole nitrogens is 1. The maximum absolute atomic E-state index is 6.09. The summed E-state index contributed by atoms with van der Waals surface area (Å²) in [6.45, 7) is 0. The van der Waals surface area contributed by atoms with Gasteiger partial charge in [0.05, 0.1) is 0 Å². The summed E-state index contributed by atoms with van der Waals surface area (Å²) < 4.78 is 0. The van der Waals surface area contributed by atoms with E-state index in [-0.39, 0.29) is 12.4 Å². The van der Waals surface area contributed by atoms with Crippen LogP contribution in [0.15, 0.2) is 30.3 Å². The molecular weight excluding hydrogens is 287 g/mol. The molecule has 0 saturated heterocycles. The van der Waals surface area contributed by atoms with Gasteiger partial charge in [-0.1, -0.05) is 0 Å². The Hall–Kier alpha value is -0.275. The molecule has 2 aromatic rings. The molecule has 0 fully saturated rings. The fourth-order valence-electron chi connectivity index (χ4n) is 1.35. The number of hydrogen-bond acceptors (Lipinski definition) is 0. The number of benzene rings is 1. The van der Waals surface area contributed by atoms with E-state index in [1.54, 1.807) is 7.05 Å². The maximum atomic E-state index is 6.09. The van der Waals surface area contributed by atoms with Gasteiger partial charge in [0, 0.05) is 0 Å². The number of rotatable bonds is 1. The molecule has 0 atom stereocenters. The Balaban J connectivity index is 0.00000128. The Morgan fingerprint density at radius 1 is 1.00 bits per heavy atom. The van der Waals surface area contributed by atoms with Crippen LogP contribution in [0.4, 0.5) is 0 Å². The van der Waals surface area contributed by atoms with Crippen molar-refractivity contribution in [3.63, 3.8) is 0 Å². The first kappa shape index (κ1) is 13.8. The van der Waals surface area contributed by atoms with Crippen LogP contribution in [0.2, 0.25) is 15.1 Å². The number of aromatic nitrogens is 1. The average molecular weight is 293 g/mol. The van der Waals surface area contributed by atoms with Crippen LogP contribution in [0.25, 0.3) is 11.1 Å². The minimum atomic E-state index is 0. The second-order valence-corrected chi connectivity index (χ2v) is 4.17. The third-order valence-corrected chi connectivity index (χ3v) is 3.11. The zero-order chi connectivity index (χ0) is 10.8. The van der Waals surface area contributed by atoms with Gasteiger partial charge < -0.3 is 12.4 Å². The maximum Gasteiger partial charge on any atom is -1.00 e. The van der Waals surface area contributed by atoms with E-state index in [0.717, 1.165) is 11.1 Å². The summed E-state index contributed by atoms with van der Waals surface area (Å²) in [5.41, 5.74) is 1.70. The molecule has 0 saturated carbocycles. The largest absolute Gasteiger partial charge is 1.00 e. The van der Waals surface area contributed by atoms with Crippen molar-refractivity contribution in [2.45, 2.75) is 0 Å². The van der Waals surface area contributed by atoms with E-state index < -0.39 is 0 Å². The van der Waals surface area contributed by atoms with E-state index in [4.69, 9.17) is 34.8 Å². The first-order valence-electron chi connectivity index (χ1n) is 4.30. The Kier molecular flexibility index (Phi) is 5.06. The molecule has 1 aromatic heterocycles. The summed E-state index contributed by atoms with van der Waals surface area (Å²) in [6, 6.07) is 9.65. The quantitative estimate of drug-likeness (QED) is 0.726. The molecule has 1 N–H and O–H groups in total. The van der Waals surface area contributed by atoms with Gasteiger partial charge in [0.1, 0.15) is 0 Å². The van der Waals surface area contributed by atoms with Crippen LogP contribution in [-0.4, -0.2) is 7.05 Å². The van der Waals surface area contributed by atoms with Gasteiger partial charge in [-0.25, -0.2) is 0 Å². The Labute approximate surface area is 115 Å². The first-order valence-corrected chi connectivity index (χ1v) is 5.44. The normalized spacial score (nSPS) is 9.44. The van der Waals surface area contributed by atoms with E-state index in [2.05, 4.69) is 4.89 Å². The van der Waals surface area contributed by atoms with Crippen molar-refractivity contribution in [2.75, 3.05) is 0 Å². The average Bonchev–Trinajstić information content (AvgIpc) is 2.26. The SMILES string of the molecule is Clc1b[nH+]c(Cl)c(Cl)c1-c1ccccc1.[Cl-]. The Morgan fingerprint density at radius 3 is 2.25 bits per heavy atom. The predicted molar refractivity (Wildman–Crippen MR) is 64.8 cm³/mol. The minimum Gasteiger partial charge on any atom is -1.00 e. The van der Waals surface area contributed by atoms with Gasteiger partial charge in [0.25, 0.3) is 0 Å². The summed E-state index contributed by atoms with van der Waals surface area (Å²) in [5.74, 6) is 0. The molecule has 0 aliphatic rings. The van der Waals surface area contributed by atoms with Gasteiger partial charge in [0.15, 0.2) is 0 Å². The van der Waals surface area contributed by atoms with Gasteiger partial charge >= 0.3 is 103 Å². The van der Waals surface area contributed by atoms with Crippen molar-refractivity contribution in [2.24, 2.45) is 0 Å². The molecular formula is C10H6BCl4N. The topological polar surface area (TPSA) is 14.1 Å². The van der Waals surface area contributed by atoms with Gasteiger partial charge in [-0.3, -0.25) is 0 Å². The number of hydrogen-bond donors (Lipinski definition) is 0. The number of nitrogens with one attached hydrogen (secondary N) is 1. The molecule has 2 rings (SSSR count). The Morgan fingerprint density at radius 2 is 1.62 bits per heavy atom. The molecule has 0 unspecified atom stereocenters. The van der Waals surface area contributed by atoms with Crippen LogP contribution in [0, 0.1) is 0 Å². The van der Waals surface area contributed by atoms with E-state index >= 15 is 0 Å². The second-order valence-electron chi connectivity index (χ2n) is 3.01. The van der Waals surface area contributed by atoms with Crippen LogP contribution in [0.1, 0.15) is 0 Å². The van der Waals surface area contributed by atoms with Gasteiger partial charge in [0.2, 0.25) is 0 Å². The molecule has 6 heteroatoms. The summed E-state index contributed by atoms with van der Waals surface area (Å²) in [7, 11) is 1.62. The van der Waals surface area contributed by atoms with E-state index in [9.17, 15) is 0 Å². The molecule has 82 valence electrons. The van der Waals surface area contributed by atoms with Crippen molar-refractivity contribution < 1.29 is 17.3 Å². The molecule has 1 heterocycles. The van der Waals surface area contributed by atoms with Crippen LogP contribution < -0.4 is 17.3 Å². The summed E-state index contributed by atoms with van der Waals surface area (Å²) in [4.78, 5) is 3.33. The van der Waals surface area contributed by atoms with Crippen molar-refractivity contribution in [3.05, 3.63) is 45.4 Å². The summed E-state index contributed by atoms with van der Waals surface area (Å²) in [5, 5.41) is 0.829. The van der Waals surface area contributed by atoms with Crippen molar-refractivity contribution in [1.82, 2.24) is 0 Å². The van der Waals surface area contributed by atoms with Crippen LogP contribution in [-0.2, 0) is 0 Å². The molecule has 0 bridgehead atoms. The van der Waals surface area contributed by atoms with E-state index in [0.29, 0.717) is 15.1 Å². The van der Waals surface area contributed by atoms with Crippen molar-refractivity contribution >= 4 is 41.9 Å². The standard InChI is InChI=1S/C10H5BCl3N.ClH/c12-8-7(6-4-2-1-3-5-6)9(13)11-15-10(8)14;/h1-5H;1H. The first-order chi connectivity index (χ1) is 7.20. The molecule has 1 aromatic carbocycles. The van der Waals surface area contributed by atoms with Crippen LogP contribution in [0.5, 0.6) is 0 Å². The van der Waals surface area contributed by atoms with Crippen LogP contribution >= 0.6 is 34.8 Å². The second kappa shape index (κ2) is 5.88. The third-order valence-electron chi connectivity index (χ3n) is 2.04. The summed E-state index contributed by atoms with van der Waals surface area (Å²) in [6.07, 6.45) is 0. The molecule has 0 radical (unpaired) electrons. The third kappa shape index (κ3) is 2.69. The van der Waals surface area contributed by atoms with Crippen molar-refractivity contribution in [1.29, 1.82) is 0 Å². The number of halogens is 4. The smallest absolute Gasteiger partial charge is 1.00 e. The Bertz CT molecular complexity index is 490. The summed E-state index contributed by atoms with van der Waals surface area (Å²) >= 11 is 18.0. The molecule has 1 nitrogen and oxygen atoms in total.